The number of benzene rings is 6. The number of pyridine rings is 1. The Labute approximate surface area is 254 Å². The molecule has 0 spiro atoms. The van der Waals surface area contributed by atoms with Gasteiger partial charge < -0.3 is 0 Å². The van der Waals surface area contributed by atoms with Crippen LogP contribution in [0.1, 0.15) is 0 Å². The van der Waals surface area contributed by atoms with E-state index in [1.807, 2.05) is 22.7 Å². The summed E-state index contributed by atoms with van der Waals surface area (Å²) in [5.74, 6) is 0. The lowest BCUT2D eigenvalue weighted by Gasteiger charge is -2.10. The monoisotopic (exact) mass is 582 g/mol. The lowest BCUT2D eigenvalue weighted by Crippen LogP contribution is -1.93. The molecule has 0 saturated heterocycles. The molecule has 0 atom stereocenters. The minimum Gasteiger partial charge on any atom is -0.291 e. The summed E-state index contributed by atoms with van der Waals surface area (Å²) in [7, 11) is 0. The van der Waals surface area contributed by atoms with Gasteiger partial charge in [0.1, 0.15) is 0 Å². The predicted molar refractivity (Wildman–Crippen MR) is 187 cm³/mol. The van der Waals surface area contributed by atoms with Gasteiger partial charge in [0.05, 0.1) is 21.4 Å². The maximum absolute atomic E-state index is 5.18. The summed E-state index contributed by atoms with van der Waals surface area (Å²) in [4.78, 5) is 5.18. The topological polar surface area (TPSA) is 17.3 Å². The average Bonchev–Trinajstić information content (AvgIpc) is 3.74. The molecule has 43 heavy (non-hydrogen) atoms. The van der Waals surface area contributed by atoms with E-state index < -0.39 is 0 Å². The van der Waals surface area contributed by atoms with Crippen LogP contribution >= 0.6 is 22.7 Å². The van der Waals surface area contributed by atoms with Gasteiger partial charge in [0.25, 0.3) is 0 Å². The van der Waals surface area contributed by atoms with Crippen molar-refractivity contribution < 1.29 is 0 Å². The molecule has 0 saturated carbocycles. The quantitative estimate of drug-likeness (QED) is 0.198. The molecule has 4 aromatic heterocycles. The molecule has 0 fully saturated rings. The number of thiophene rings is 2. The van der Waals surface area contributed by atoms with Crippen molar-refractivity contribution in [3.8, 4) is 22.4 Å². The highest BCUT2D eigenvalue weighted by Crippen LogP contribution is 2.42. The highest BCUT2D eigenvalue weighted by Gasteiger charge is 2.18. The molecule has 4 heterocycles. The van der Waals surface area contributed by atoms with Crippen molar-refractivity contribution in [1.82, 2.24) is 9.38 Å². The number of rotatable bonds is 2. The standard InChI is InChI=1S/C39H22N2S2/c1-2-8-26-21-37-30(19-25(26)7-1)31-22-34(41-33-11-5-4-10-32(33)40-39(41)38(31)43-37)24-15-13-23(14-16-24)27-17-18-36-29(20-27)28-9-3-6-12-35(28)42-36/h1-22H. The van der Waals surface area contributed by atoms with Crippen LogP contribution in [-0.2, 0) is 0 Å². The van der Waals surface area contributed by atoms with E-state index in [1.165, 1.54) is 67.8 Å². The smallest absolute Gasteiger partial charge is 0.156 e. The van der Waals surface area contributed by atoms with Gasteiger partial charge in [0, 0.05) is 35.6 Å². The Bertz CT molecular complexity index is 2720. The van der Waals surface area contributed by atoms with Gasteiger partial charge in [-0.1, -0.05) is 84.9 Å². The zero-order valence-corrected chi connectivity index (χ0v) is 24.5. The van der Waals surface area contributed by atoms with E-state index in [0.717, 1.165) is 22.4 Å². The van der Waals surface area contributed by atoms with Gasteiger partial charge >= 0.3 is 0 Å². The zero-order valence-electron chi connectivity index (χ0n) is 22.9. The second-order valence-corrected chi connectivity index (χ2v) is 13.4. The Balaban J connectivity index is 1.20. The van der Waals surface area contributed by atoms with Crippen molar-refractivity contribution >= 4 is 90.5 Å². The van der Waals surface area contributed by atoms with Crippen LogP contribution in [-0.4, -0.2) is 9.38 Å². The van der Waals surface area contributed by atoms with Crippen LogP contribution < -0.4 is 0 Å². The Morgan fingerprint density at radius 1 is 0.465 bits per heavy atom. The molecule has 0 aliphatic heterocycles. The molecule has 0 amide bonds. The Hall–Kier alpha value is -5.03. The number of aromatic nitrogens is 2. The summed E-state index contributed by atoms with van der Waals surface area (Å²) in [6.07, 6.45) is 0. The normalized spacial score (nSPS) is 12.2. The van der Waals surface area contributed by atoms with E-state index in [9.17, 15) is 0 Å². The molecule has 0 radical (unpaired) electrons. The molecule has 10 rings (SSSR count). The third-order valence-corrected chi connectivity index (χ3v) is 11.1. The first-order chi connectivity index (χ1) is 21.3. The van der Waals surface area contributed by atoms with Crippen molar-refractivity contribution in [1.29, 1.82) is 0 Å². The molecule has 0 aliphatic carbocycles. The second kappa shape index (κ2) is 8.74. The van der Waals surface area contributed by atoms with Gasteiger partial charge in [0.15, 0.2) is 5.65 Å². The Morgan fingerprint density at radius 3 is 2.07 bits per heavy atom. The van der Waals surface area contributed by atoms with E-state index in [-0.39, 0.29) is 0 Å². The number of hydrogen-bond acceptors (Lipinski definition) is 3. The SMILES string of the molecule is c1ccc2cc3c(cc2c1)sc1c3cc(-c2ccc(-c3ccc4sc5ccccc5c4c3)cc2)n2c3ccccc3nc12. The Morgan fingerprint density at radius 2 is 1.16 bits per heavy atom. The van der Waals surface area contributed by atoms with Crippen molar-refractivity contribution in [2.45, 2.75) is 0 Å². The minimum atomic E-state index is 1.02. The zero-order chi connectivity index (χ0) is 28.1. The highest BCUT2D eigenvalue weighted by atomic mass is 32.1. The second-order valence-electron chi connectivity index (χ2n) is 11.2. The Kier molecular flexibility index (Phi) is 4.78. The molecule has 200 valence electrons. The van der Waals surface area contributed by atoms with Crippen LogP contribution in [0.2, 0.25) is 0 Å². The number of para-hydroxylation sites is 2. The lowest BCUT2D eigenvalue weighted by molar-refractivity contribution is 1.25. The number of fused-ring (bicyclic) bond motifs is 11. The molecular formula is C39H22N2S2. The summed E-state index contributed by atoms with van der Waals surface area (Å²) in [6.45, 7) is 0. The molecule has 2 nitrogen and oxygen atoms in total. The highest BCUT2D eigenvalue weighted by molar-refractivity contribution is 7.26. The fourth-order valence-electron chi connectivity index (χ4n) is 6.69. The van der Waals surface area contributed by atoms with Crippen molar-refractivity contribution in [2.75, 3.05) is 0 Å². The number of nitrogens with zero attached hydrogens (tertiary/aromatic N) is 2. The van der Waals surface area contributed by atoms with E-state index in [4.69, 9.17) is 4.98 Å². The van der Waals surface area contributed by atoms with Crippen molar-refractivity contribution in [2.24, 2.45) is 0 Å². The van der Waals surface area contributed by atoms with Gasteiger partial charge in [-0.25, -0.2) is 4.98 Å². The maximum atomic E-state index is 5.18. The van der Waals surface area contributed by atoms with Gasteiger partial charge in [-0.05, 0) is 76.0 Å². The molecular weight excluding hydrogens is 561 g/mol. The van der Waals surface area contributed by atoms with E-state index in [2.05, 4.69) is 138 Å². The summed E-state index contributed by atoms with van der Waals surface area (Å²) >= 11 is 3.71. The molecule has 0 aliphatic rings. The molecule has 0 bridgehead atoms. The van der Waals surface area contributed by atoms with Gasteiger partial charge in [-0.2, -0.15) is 0 Å². The van der Waals surface area contributed by atoms with Crippen LogP contribution in [0.3, 0.4) is 0 Å². The lowest BCUT2D eigenvalue weighted by atomic mass is 10.00. The average molecular weight is 583 g/mol. The summed E-state index contributed by atoms with van der Waals surface area (Å²) in [5, 5.41) is 7.76. The number of hydrogen-bond donors (Lipinski definition) is 0. The molecule has 6 aromatic carbocycles. The van der Waals surface area contributed by atoms with Gasteiger partial charge in [-0.3, -0.25) is 4.40 Å². The minimum absolute atomic E-state index is 1.02. The van der Waals surface area contributed by atoms with E-state index in [0.29, 0.717) is 0 Å². The first-order valence-corrected chi connectivity index (χ1v) is 16.1. The van der Waals surface area contributed by atoms with E-state index >= 15 is 0 Å². The largest absolute Gasteiger partial charge is 0.291 e. The molecule has 4 heteroatoms. The first kappa shape index (κ1) is 23.5. The fourth-order valence-corrected chi connectivity index (χ4v) is 8.96. The van der Waals surface area contributed by atoms with E-state index in [1.54, 1.807) is 0 Å². The first-order valence-electron chi connectivity index (χ1n) is 14.5. The molecule has 10 aromatic rings. The summed E-state index contributed by atoms with van der Waals surface area (Å²) in [6, 6.07) is 48.8. The van der Waals surface area contributed by atoms with Gasteiger partial charge in [0.2, 0.25) is 0 Å². The van der Waals surface area contributed by atoms with Crippen LogP contribution in [0, 0.1) is 0 Å². The summed E-state index contributed by atoms with van der Waals surface area (Å²) < 4.78 is 7.56. The van der Waals surface area contributed by atoms with Crippen LogP contribution in [0.4, 0.5) is 0 Å². The molecule has 0 N–H and O–H groups in total. The fraction of sp³-hybridized carbons (Fsp3) is 0. The maximum Gasteiger partial charge on any atom is 0.156 e. The number of imidazole rings is 1. The van der Waals surface area contributed by atoms with Crippen LogP contribution in [0.5, 0.6) is 0 Å². The van der Waals surface area contributed by atoms with Crippen molar-refractivity contribution in [3.05, 3.63) is 133 Å². The van der Waals surface area contributed by atoms with Crippen molar-refractivity contribution in [3.63, 3.8) is 0 Å². The molecule has 0 unspecified atom stereocenters. The third kappa shape index (κ3) is 3.42. The summed E-state index contributed by atoms with van der Waals surface area (Å²) in [5.41, 5.74) is 7.99. The third-order valence-electron chi connectivity index (χ3n) is 8.77. The van der Waals surface area contributed by atoms with Crippen LogP contribution in [0.15, 0.2) is 133 Å². The van der Waals surface area contributed by atoms with Gasteiger partial charge in [-0.15, -0.1) is 22.7 Å². The predicted octanol–water partition coefficient (Wildman–Crippen LogP) is 11.7. The van der Waals surface area contributed by atoms with Crippen LogP contribution in [0.25, 0.3) is 90.2 Å².